The molecule has 2 atom stereocenters. The van der Waals surface area contributed by atoms with Gasteiger partial charge in [-0.15, -0.1) is 0 Å². The van der Waals surface area contributed by atoms with Gasteiger partial charge in [0.2, 0.25) is 5.91 Å². The van der Waals surface area contributed by atoms with Crippen LogP contribution < -0.4 is 15.1 Å². The number of rotatable bonds is 4. The SMILES string of the molecule is O=C(NCc1cccc(F)c1)C1Cc2ccccc2N2CCN(c3ccc(Cl)cc3)CC12. The molecule has 6 heteroatoms. The third kappa shape index (κ3) is 4.17. The summed E-state index contributed by atoms with van der Waals surface area (Å²) in [5.74, 6) is -0.467. The second-order valence-electron chi connectivity index (χ2n) is 8.47. The number of fused-ring (bicyclic) bond motifs is 3. The number of halogens is 2. The Balaban J connectivity index is 1.38. The fraction of sp³-hybridized carbons (Fsp3) is 0.269. The Bertz CT molecular complexity index is 1120. The van der Waals surface area contributed by atoms with Crippen LogP contribution in [0.25, 0.3) is 0 Å². The van der Waals surface area contributed by atoms with Gasteiger partial charge >= 0.3 is 0 Å². The van der Waals surface area contributed by atoms with Crippen LogP contribution in [0.5, 0.6) is 0 Å². The summed E-state index contributed by atoms with van der Waals surface area (Å²) in [6, 6.07) is 22.7. The molecule has 32 heavy (non-hydrogen) atoms. The smallest absolute Gasteiger partial charge is 0.225 e. The van der Waals surface area contributed by atoms with Crippen molar-refractivity contribution in [1.82, 2.24) is 5.32 Å². The van der Waals surface area contributed by atoms with Crippen LogP contribution in [0.4, 0.5) is 15.8 Å². The number of hydrogen-bond acceptors (Lipinski definition) is 3. The maximum Gasteiger partial charge on any atom is 0.225 e. The second kappa shape index (κ2) is 8.83. The van der Waals surface area contributed by atoms with Crippen molar-refractivity contribution in [3.05, 3.63) is 94.8 Å². The van der Waals surface area contributed by atoms with Crippen molar-refractivity contribution in [3.63, 3.8) is 0 Å². The molecular formula is C26H25ClFN3O. The van der Waals surface area contributed by atoms with E-state index in [0.29, 0.717) is 18.0 Å². The third-order valence-electron chi connectivity index (χ3n) is 6.51. The summed E-state index contributed by atoms with van der Waals surface area (Å²) in [7, 11) is 0. The molecule has 3 aromatic rings. The zero-order valence-corrected chi connectivity index (χ0v) is 18.4. The summed E-state index contributed by atoms with van der Waals surface area (Å²) in [5.41, 5.74) is 4.31. The number of anilines is 2. The minimum absolute atomic E-state index is 0.0109. The Morgan fingerprint density at radius 2 is 1.84 bits per heavy atom. The van der Waals surface area contributed by atoms with Crippen molar-refractivity contribution in [2.75, 3.05) is 29.4 Å². The summed E-state index contributed by atoms with van der Waals surface area (Å²) >= 11 is 6.07. The molecule has 3 aromatic carbocycles. The van der Waals surface area contributed by atoms with Crippen LogP contribution in [0.2, 0.25) is 5.02 Å². The van der Waals surface area contributed by atoms with Gasteiger partial charge in [-0.25, -0.2) is 4.39 Å². The lowest BCUT2D eigenvalue weighted by molar-refractivity contribution is -0.126. The Labute approximate surface area is 192 Å². The first kappa shape index (κ1) is 20.8. The molecule has 0 bridgehead atoms. The first-order chi connectivity index (χ1) is 15.6. The van der Waals surface area contributed by atoms with Crippen LogP contribution in [0.3, 0.4) is 0 Å². The van der Waals surface area contributed by atoms with Gasteiger partial charge in [0.15, 0.2) is 0 Å². The average Bonchev–Trinajstić information content (AvgIpc) is 2.82. The molecule has 4 nitrogen and oxygen atoms in total. The number of piperazine rings is 1. The molecule has 164 valence electrons. The van der Waals surface area contributed by atoms with Crippen LogP contribution in [0.15, 0.2) is 72.8 Å². The number of nitrogens with zero attached hydrogens (tertiary/aromatic N) is 2. The molecule has 5 rings (SSSR count). The van der Waals surface area contributed by atoms with E-state index in [1.807, 2.05) is 36.4 Å². The zero-order chi connectivity index (χ0) is 22.1. The van der Waals surface area contributed by atoms with Gasteiger partial charge in [0.1, 0.15) is 5.82 Å². The summed E-state index contributed by atoms with van der Waals surface area (Å²) in [4.78, 5) is 18.1. The summed E-state index contributed by atoms with van der Waals surface area (Å²) < 4.78 is 13.5. The molecule has 1 amide bonds. The Morgan fingerprint density at radius 3 is 2.66 bits per heavy atom. The van der Waals surface area contributed by atoms with E-state index in [4.69, 9.17) is 11.6 Å². The van der Waals surface area contributed by atoms with Crippen LogP contribution in [0.1, 0.15) is 11.1 Å². The van der Waals surface area contributed by atoms with E-state index >= 15 is 0 Å². The molecule has 2 unspecified atom stereocenters. The number of carbonyl (C=O) groups excluding carboxylic acids is 1. The van der Waals surface area contributed by atoms with E-state index in [2.05, 4.69) is 33.3 Å². The molecule has 1 N–H and O–H groups in total. The average molecular weight is 450 g/mol. The zero-order valence-electron chi connectivity index (χ0n) is 17.7. The van der Waals surface area contributed by atoms with Crippen LogP contribution in [0, 0.1) is 11.7 Å². The van der Waals surface area contributed by atoms with Crippen molar-refractivity contribution in [3.8, 4) is 0 Å². The maximum atomic E-state index is 13.5. The van der Waals surface area contributed by atoms with Crippen LogP contribution >= 0.6 is 11.6 Å². The number of amides is 1. The molecule has 2 aliphatic heterocycles. The molecule has 0 spiro atoms. The monoisotopic (exact) mass is 449 g/mol. The number of carbonyl (C=O) groups is 1. The predicted molar refractivity (Wildman–Crippen MR) is 127 cm³/mol. The van der Waals surface area contributed by atoms with Gasteiger partial charge in [0, 0.05) is 42.6 Å². The first-order valence-electron chi connectivity index (χ1n) is 11.0. The Morgan fingerprint density at radius 1 is 1.03 bits per heavy atom. The van der Waals surface area contributed by atoms with Gasteiger partial charge < -0.3 is 15.1 Å². The normalized spacial score (nSPS) is 19.8. The Hall–Kier alpha value is -3.05. The lowest BCUT2D eigenvalue weighted by Gasteiger charge is -2.49. The topological polar surface area (TPSA) is 35.6 Å². The van der Waals surface area contributed by atoms with Gasteiger partial charge in [-0.2, -0.15) is 0 Å². The highest BCUT2D eigenvalue weighted by atomic mass is 35.5. The molecular weight excluding hydrogens is 425 g/mol. The fourth-order valence-corrected chi connectivity index (χ4v) is 5.04. The number of para-hydroxylation sites is 1. The summed E-state index contributed by atoms with van der Waals surface area (Å²) in [6.45, 7) is 2.80. The van der Waals surface area contributed by atoms with E-state index in [1.54, 1.807) is 6.07 Å². The van der Waals surface area contributed by atoms with Crippen LogP contribution in [-0.2, 0) is 17.8 Å². The predicted octanol–water partition coefficient (Wildman–Crippen LogP) is 4.66. The lowest BCUT2D eigenvalue weighted by atomic mass is 9.83. The van der Waals surface area contributed by atoms with Gasteiger partial charge in [-0.3, -0.25) is 4.79 Å². The fourth-order valence-electron chi connectivity index (χ4n) is 4.91. The minimum Gasteiger partial charge on any atom is -0.368 e. The van der Waals surface area contributed by atoms with E-state index in [0.717, 1.165) is 30.9 Å². The highest BCUT2D eigenvalue weighted by molar-refractivity contribution is 6.30. The molecule has 2 aliphatic rings. The van der Waals surface area contributed by atoms with Crippen molar-refractivity contribution in [2.45, 2.75) is 19.0 Å². The van der Waals surface area contributed by atoms with Crippen LogP contribution in [-0.4, -0.2) is 31.6 Å². The van der Waals surface area contributed by atoms with Gasteiger partial charge in [-0.05, 0) is 60.0 Å². The first-order valence-corrected chi connectivity index (χ1v) is 11.3. The van der Waals surface area contributed by atoms with E-state index in [1.165, 1.54) is 23.4 Å². The molecule has 0 saturated carbocycles. The van der Waals surface area contributed by atoms with Crippen molar-refractivity contribution in [2.24, 2.45) is 5.92 Å². The van der Waals surface area contributed by atoms with Crippen molar-refractivity contribution in [1.29, 1.82) is 0 Å². The summed E-state index contributed by atoms with van der Waals surface area (Å²) in [6.07, 6.45) is 0.695. The molecule has 0 aromatic heterocycles. The van der Waals surface area contributed by atoms with Gasteiger partial charge in [0.05, 0.1) is 12.0 Å². The van der Waals surface area contributed by atoms with Gasteiger partial charge in [0.25, 0.3) is 0 Å². The van der Waals surface area contributed by atoms with Gasteiger partial charge in [-0.1, -0.05) is 41.9 Å². The van der Waals surface area contributed by atoms with E-state index < -0.39 is 0 Å². The van der Waals surface area contributed by atoms with Crippen molar-refractivity contribution < 1.29 is 9.18 Å². The quantitative estimate of drug-likeness (QED) is 0.629. The van der Waals surface area contributed by atoms with E-state index in [9.17, 15) is 9.18 Å². The summed E-state index contributed by atoms with van der Waals surface area (Å²) in [5, 5.41) is 3.77. The standard InChI is InChI=1S/C26H25ClFN3O/c27-20-8-10-22(11-9-20)30-12-13-31-24-7-2-1-5-19(24)15-23(25(31)17-30)26(32)29-16-18-4-3-6-21(28)14-18/h1-11,14,23,25H,12-13,15-17H2,(H,29,32). The molecule has 2 heterocycles. The maximum absolute atomic E-state index is 13.5. The highest BCUT2D eigenvalue weighted by Gasteiger charge is 2.41. The molecule has 0 radical (unpaired) electrons. The largest absolute Gasteiger partial charge is 0.368 e. The minimum atomic E-state index is -0.291. The molecule has 1 fully saturated rings. The number of nitrogens with one attached hydrogen (secondary N) is 1. The molecule has 0 aliphatic carbocycles. The van der Waals surface area contributed by atoms with Crippen molar-refractivity contribution >= 4 is 28.9 Å². The number of benzene rings is 3. The number of hydrogen-bond donors (Lipinski definition) is 1. The third-order valence-corrected chi connectivity index (χ3v) is 6.76. The highest BCUT2D eigenvalue weighted by Crippen LogP contribution is 2.37. The second-order valence-corrected chi connectivity index (χ2v) is 8.91. The Kier molecular flexibility index (Phi) is 5.75. The molecule has 1 saturated heterocycles. The van der Waals surface area contributed by atoms with E-state index in [-0.39, 0.29) is 23.7 Å². The lowest BCUT2D eigenvalue weighted by Crippen LogP contribution is -2.61.